The number of nitrogens with two attached hydrogens (primary N) is 1. The number of carbonyl (C=O) groups is 1. The number of hydrogen-bond donors (Lipinski definition) is 1. The molecule has 0 radical (unpaired) electrons. The zero-order valence-corrected chi connectivity index (χ0v) is 11.3. The molecule has 0 saturated carbocycles. The molecule has 2 N–H and O–H groups in total. The molecule has 0 spiro atoms. The Morgan fingerprint density at radius 1 is 1.16 bits per heavy atom. The second-order valence-corrected chi connectivity index (χ2v) is 4.96. The molecule has 1 aromatic heterocycles. The molecule has 0 aliphatic heterocycles. The number of nitrogens with zero attached hydrogens (tertiary/aromatic N) is 1. The number of nitrogen functional groups attached to an aromatic ring is 1. The minimum absolute atomic E-state index is 0.157. The molecule has 3 heteroatoms. The molecule has 0 aliphatic rings. The van der Waals surface area contributed by atoms with Gasteiger partial charge in [-0.05, 0) is 25.5 Å². The van der Waals surface area contributed by atoms with Crippen molar-refractivity contribution in [1.29, 1.82) is 0 Å². The Balaban J connectivity index is 2.07. The van der Waals surface area contributed by atoms with Crippen LogP contribution in [0.25, 0.3) is 0 Å². The van der Waals surface area contributed by atoms with Crippen molar-refractivity contribution in [3.05, 3.63) is 58.9 Å². The largest absolute Gasteiger partial charge is 0.398 e. The summed E-state index contributed by atoms with van der Waals surface area (Å²) in [6.45, 7) is 4.08. The molecule has 1 heterocycles. The number of carbonyl (C=O) groups excluding carboxylic acids is 1. The minimum Gasteiger partial charge on any atom is -0.398 e. The van der Waals surface area contributed by atoms with Crippen LogP contribution < -0.4 is 5.73 Å². The highest BCUT2D eigenvalue weighted by molar-refractivity contribution is 5.84. The second kappa shape index (κ2) is 5.65. The Kier molecular flexibility index (Phi) is 3.95. The fourth-order valence-corrected chi connectivity index (χ4v) is 2.26. The first kappa shape index (κ1) is 13.3. The molecular formula is C16H18N2O. The number of benzene rings is 1. The van der Waals surface area contributed by atoms with Gasteiger partial charge < -0.3 is 5.73 Å². The van der Waals surface area contributed by atoms with Crippen molar-refractivity contribution < 1.29 is 4.79 Å². The average molecular weight is 254 g/mol. The van der Waals surface area contributed by atoms with E-state index in [0.717, 1.165) is 11.1 Å². The van der Waals surface area contributed by atoms with Crippen molar-refractivity contribution in [2.75, 3.05) is 5.73 Å². The van der Waals surface area contributed by atoms with E-state index in [2.05, 4.69) is 23.2 Å². The number of anilines is 1. The predicted octanol–water partition coefficient (Wildman–Crippen LogP) is 2.63. The van der Waals surface area contributed by atoms with E-state index in [1.807, 2.05) is 13.8 Å². The number of aromatic nitrogens is 1. The van der Waals surface area contributed by atoms with E-state index >= 15 is 0 Å². The van der Waals surface area contributed by atoms with Gasteiger partial charge in [0.15, 0.2) is 0 Å². The lowest BCUT2D eigenvalue weighted by Crippen LogP contribution is -2.09. The Morgan fingerprint density at radius 2 is 1.84 bits per heavy atom. The van der Waals surface area contributed by atoms with E-state index in [4.69, 9.17) is 5.73 Å². The Bertz CT molecular complexity index is 585. The van der Waals surface area contributed by atoms with Crippen molar-refractivity contribution >= 4 is 11.5 Å². The van der Waals surface area contributed by atoms with Crippen LogP contribution in [0.2, 0.25) is 0 Å². The van der Waals surface area contributed by atoms with Crippen molar-refractivity contribution in [3.63, 3.8) is 0 Å². The zero-order valence-electron chi connectivity index (χ0n) is 11.3. The smallest absolute Gasteiger partial charge is 0.141 e. The molecule has 0 saturated heterocycles. The lowest BCUT2D eigenvalue weighted by Gasteiger charge is -2.06. The molecule has 0 unspecified atom stereocenters. The van der Waals surface area contributed by atoms with Crippen molar-refractivity contribution in [2.45, 2.75) is 26.7 Å². The molecule has 2 aromatic rings. The summed E-state index contributed by atoms with van der Waals surface area (Å²) in [6, 6.07) is 7.93. The van der Waals surface area contributed by atoms with Crippen molar-refractivity contribution in [1.82, 2.24) is 4.98 Å². The van der Waals surface area contributed by atoms with Gasteiger partial charge in [-0.3, -0.25) is 9.78 Å². The minimum atomic E-state index is 0.157. The summed E-state index contributed by atoms with van der Waals surface area (Å²) in [4.78, 5) is 16.1. The van der Waals surface area contributed by atoms with E-state index in [1.165, 1.54) is 11.1 Å². The third-order valence-electron chi connectivity index (χ3n) is 3.01. The quantitative estimate of drug-likeness (QED) is 0.912. The van der Waals surface area contributed by atoms with Crippen molar-refractivity contribution in [3.8, 4) is 0 Å². The number of Topliss-reactive ketones (excluding diaryl/α,β-unsaturated/α-hetero) is 1. The lowest BCUT2D eigenvalue weighted by atomic mass is 10.00. The van der Waals surface area contributed by atoms with Crippen molar-refractivity contribution in [2.24, 2.45) is 0 Å². The van der Waals surface area contributed by atoms with Crippen LogP contribution in [0.3, 0.4) is 0 Å². The summed E-state index contributed by atoms with van der Waals surface area (Å²) in [6.07, 6.45) is 4.07. The summed E-state index contributed by atoms with van der Waals surface area (Å²) in [5, 5.41) is 0. The summed E-state index contributed by atoms with van der Waals surface area (Å²) >= 11 is 0. The molecule has 98 valence electrons. The Hall–Kier alpha value is -2.16. The van der Waals surface area contributed by atoms with Gasteiger partial charge in [0.25, 0.3) is 0 Å². The van der Waals surface area contributed by atoms with Crippen LogP contribution in [0.1, 0.15) is 22.3 Å². The highest BCUT2D eigenvalue weighted by Gasteiger charge is 2.08. The number of aryl methyl sites for hydroxylation is 2. The van der Waals surface area contributed by atoms with Crippen LogP contribution in [0.5, 0.6) is 0 Å². The summed E-state index contributed by atoms with van der Waals surface area (Å²) in [7, 11) is 0. The monoisotopic (exact) mass is 254 g/mol. The molecule has 0 fully saturated rings. The van der Waals surface area contributed by atoms with E-state index in [9.17, 15) is 4.79 Å². The van der Waals surface area contributed by atoms with Gasteiger partial charge >= 0.3 is 0 Å². The highest BCUT2D eigenvalue weighted by Crippen LogP contribution is 2.13. The van der Waals surface area contributed by atoms with Crippen LogP contribution in [-0.4, -0.2) is 10.8 Å². The van der Waals surface area contributed by atoms with E-state index in [1.54, 1.807) is 18.5 Å². The van der Waals surface area contributed by atoms with Crippen LogP contribution >= 0.6 is 0 Å². The first-order chi connectivity index (χ1) is 9.04. The average Bonchev–Trinajstić information content (AvgIpc) is 2.30. The zero-order chi connectivity index (χ0) is 13.8. The van der Waals surface area contributed by atoms with Gasteiger partial charge in [-0.25, -0.2) is 0 Å². The molecule has 0 bridgehead atoms. The molecule has 3 nitrogen and oxygen atoms in total. The molecule has 0 atom stereocenters. The summed E-state index contributed by atoms with van der Waals surface area (Å²) in [5.74, 6) is 0.157. The summed E-state index contributed by atoms with van der Waals surface area (Å²) in [5.41, 5.74) is 10.7. The third kappa shape index (κ3) is 3.65. The topological polar surface area (TPSA) is 56.0 Å². The van der Waals surface area contributed by atoms with Crippen LogP contribution in [0.4, 0.5) is 5.69 Å². The molecule has 0 amide bonds. The molecule has 1 aromatic carbocycles. The normalized spacial score (nSPS) is 10.4. The molecule has 0 aliphatic carbocycles. The van der Waals surface area contributed by atoms with Gasteiger partial charge in [0.2, 0.25) is 0 Å². The predicted molar refractivity (Wildman–Crippen MR) is 77.0 cm³/mol. The highest BCUT2D eigenvalue weighted by atomic mass is 16.1. The van der Waals surface area contributed by atoms with Gasteiger partial charge in [-0.15, -0.1) is 0 Å². The fraction of sp³-hybridized carbons (Fsp3) is 0.250. The maximum absolute atomic E-state index is 12.1. The van der Waals surface area contributed by atoms with E-state index < -0.39 is 0 Å². The first-order valence-corrected chi connectivity index (χ1v) is 6.32. The SMILES string of the molecule is Cc1cc(C)cc(CC(=O)Cc2cnccc2N)c1. The van der Waals surface area contributed by atoms with E-state index in [0.29, 0.717) is 18.5 Å². The molecule has 19 heavy (non-hydrogen) atoms. The van der Waals surface area contributed by atoms with Gasteiger partial charge in [0.1, 0.15) is 5.78 Å². The Morgan fingerprint density at radius 3 is 2.47 bits per heavy atom. The standard InChI is InChI=1S/C16H18N2O/c1-11-5-12(2)7-13(6-11)8-15(19)9-14-10-18-4-3-16(14)17/h3-7,10H,8-9H2,1-2H3,(H2,17,18). The van der Waals surface area contributed by atoms with Crippen LogP contribution in [0.15, 0.2) is 36.7 Å². The maximum atomic E-state index is 12.1. The fourth-order valence-electron chi connectivity index (χ4n) is 2.26. The summed E-state index contributed by atoms with van der Waals surface area (Å²) < 4.78 is 0. The number of pyridine rings is 1. The number of hydrogen-bond acceptors (Lipinski definition) is 3. The van der Waals surface area contributed by atoms with Gasteiger partial charge in [-0.1, -0.05) is 29.3 Å². The van der Waals surface area contributed by atoms with Crippen LogP contribution in [0, 0.1) is 13.8 Å². The Labute approximate surface area is 113 Å². The first-order valence-electron chi connectivity index (χ1n) is 6.32. The van der Waals surface area contributed by atoms with Crippen LogP contribution in [-0.2, 0) is 17.6 Å². The van der Waals surface area contributed by atoms with Gasteiger partial charge in [-0.2, -0.15) is 0 Å². The molecular weight excluding hydrogens is 236 g/mol. The third-order valence-corrected chi connectivity index (χ3v) is 3.01. The molecule has 2 rings (SSSR count). The van der Waals surface area contributed by atoms with Gasteiger partial charge in [0, 0.05) is 36.5 Å². The van der Waals surface area contributed by atoms with Gasteiger partial charge in [0.05, 0.1) is 0 Å². The maximum Gasteiger partial charge on any atom is 0.141 e. The lowest BCUT2D eigenvalue weighted by molar-refractivity contribution is -0.117. The second-order valence-electron chi connectivity index (χ2n) is 4.96. The van der Waals surface area contributed by atoms with E-state index in [-0.39, 0.29) is 5.78 Å². The number of rotatable bonds is 4. The number of ketones is 1.